The van der Waals surface area contributed by atoms with Crippen molar-refractivity contribution < 1.29 is 9.59 Å². The Morgan fingerprint density at radius 1 is 1.03 bits per heavy atom. The van der Waals surface area contributed by atoms with E-state index in [9.17, 15) is 9.59 Å². The monoisotopic (exact) mass is 432 g/mol. The Kier molecular flexibility index (Phi) is 5.59. The summed E-state index contributed by atoms with van der Waals surface area (Å²) in [5.74, 6) is -0.347. The van der Waals surface area contributed by atoms with Gasteiger partial charge in [-0.15, -0.1) is 0 Å². The lowest BCUT2D eigenvalue weighted by atomic mass is 9.82. The summed E-state index contributed by atoms with van der Waals surface area (Å²) in [6.07, 6.45) is 0.439. The average Bonchev–Trinajstić information content (AvgIpc) is 2.72. The topological polar surface area (TPSA) is 49.4 Å². The number of amides is 2. The van der Waals surface area contributed by atoms with Crippen LogP contribution in [0.3, 0.4) is 0 Å². The van der Waals surface area contributed by atoms with Crippen molar-refractivity contribution in [2.24, 2.45) is 0 Å². The smallest absolute Gasteiger partial charge is 0.259 e. The van der Waals surface area contributed by atoms with Crippen LogP contribution < -0.4 is 10.2 Å². The maximum absolute atomic E-state index is 13.6. The van der Waals surface area contributed by atoms with Crippen molar-refractivity contribution in [3.05, 3.63) is 99.6 Å². The Labute approximate surface area is 187 Å². The molecular weight excluding hydrogens is 408 g/mol. The van der Waals surface area contributed by atoms with Gasteiger partial charge in [0.05, 0.1) is 0 Å². The molecule has 4 rings (SSSR count). The molecule has 0 saturated carbocycles. The Morgan fingerprint density at radius 2 is 1.68 bits per heavy atom. The van der Waals surface area contributed by atoms with E-state index in [4.69, 9.17) is 11.6 Å². The zero-order valence-corrected chi connectivity index (χ0v) is 18.7. The molecule has 1 aliphatic rings. The summed E-state index contributed by atoms with van der Waals surface area (Å²) in [6.45, 7) is 6.20. The van der Waals surface area contributed by atoms with Gasteiger partial charge in [-0.05, 0) is 73.4 Å². The average molecular weight is 433 g/mol. The number of nitrogens with zero attached hydrogens (tertiary/aromatic N) is 1. The summed E-state index contributed by atoms with van der Waals surface area (Å²) >= 11 is 5.96. The lowest BCUT2D eigenvalue weighted by Gasteiger charge is -2.44. The third kappa shape index (κ3) is 4.08. The fourth-order valence-corrected chi connectivity index (χ4v) is 4.44. The van der Waals surface area contributed by atoms with Crippen LogP contribution in [0.5, 0.6) is 0 Å². The number of benzene rings is 3. The molecule has 0 fully saturated rings. The van der Waals surface area contributed by atoms with Gasteiger partial charge in [-0.3, -0.25) is 14.5 Å². The van der Waals surface area contributed by atoms with Crippen LogP contribution in [0.2, 0.25) is 5.02 Å². The molecule has 31 heavy (non-hydrogen) atoms. The maximum atomic E-state index is 13.6. The van der Waals surface area contributed by atoms with Gasteiger partial charge in [0.1, 0.15) is 5.54 Å². The van der Waals surface area contributed by atoms with Crippen molar-refractivity contribution in [2.45, 2.75) is 39.3 Å². The molecule has 0 bridgehead atoms. The molecule has 0 aromatic heterocycles. The first-order chi connectivity index (χ1) is 14.8. The van der Waals surface area contributed by atoms with Crippen molar-refractivity contribution >= 4 is 29.1 Å². The van der Waals surface area contributed by atoms with Crippen molar-refractivity contribution in [1.82, 2.24) is 5.32 Å². The van der Waals surface area contributed by atoms with Crippen molar-refractivity contribution in [3.8, 4) is 0 Å². The van der Waals surface area contributed by atoms with Crippen LogP contribution in [-0.2, 0) is 17.8 Å². The molecular formula is C26H25ClN2O2. The summed E-state index contributed by atoms with van der Waals surface area (Å²) in [5, 5.41) is 3.68. The molecule has 158 valence electrons. The Bertz CT molecular complexity index is 1140. The molecule has 0 aliphatic carbocycles. The van der Waals surface area contributed by atoms with E-state index in [0.29, 0.717) is 23.6 Å². The lowest BCUT2D eigenvalue weighted by molar-refractivity contribution is -0.126. The standard InChI is InChI=1S/C26H25ClN2O2/c1-17-12-18(2)14-22(13-17)29-24(30)23-7-5-4-6-20(23)15-26(29,3)25(31)28-16-19-8-10-21(27)11-9-19/h4-14H,15-16H2,1-3H3,(H,28,31)/t26-/m0/s1. The normalized spacial score (nSPS) is 17.9. The molecule has 0 spiro atoms. The number of rotatable bonds is 4. The summed E-state index contributed by atoms with van der Waals surface area (Å²) in [6, 6.07) is 20.9. The summed E-state index contributed by atoms with van der Waals surface area (Å²) in [7, 11) is 0. The minimum Gasteiger partial charge on any atom is -0.350 e. The minimum atomic E-state index is -1.06. The molecule has 5 heteroatoms. The van der Waals surface area contributed by atoms with Crippen molar-refractivity contribution in [2.75, 3.05) is 4.90 Å². The number of carbonyl (C=O) groups excluding carboxylic acids is 2. The van der Waals surface area contributed by atoms with Gasteiger partial charge in [0.25, 0.3) is 5.91 Å². The third-order valence-corrected chi connectivity index (χ3v) is 6.05. The van der Waals surface area contributed by atoms with Crippen LogP contribution in [0.25, 0.3) is 0 Å². The number of aryl methyl sites for hydroxylation is 2. The van der Waals surface area contributed by atoms with E-state index >= 15 is 0 Å². The van der Waals surface area contributed by atoms with Gasteiger partial charge in [-0.25, -0.2) is 0 Å². The van der Waals surface area contributed by atoms with E-state index < -0.39 is 5.54 Å². The molecule has 3 aromatic rings. The second-order valence-electron chi connectivity index (χ2n) is 8.40. The van der Waals surface area contributed by atoms with Gasteiger partial charge in [0, 0.05) is 29.2 Å². The second-order valence-corrected chi connectivity index (χ2v) is 8.84. The zero-order valence-electron chi connectivity index (χ0n) is 17.9. The Morgan fingerprint density at radius 3 is 2.35 bits per heavy atom. The fourth-order valence-electron chi connectivity index (χ4n) is 4.32. The number of carbonyl (C=O) groups is 2. The molecule has 0 unspecified atom stereocenters. The molecule has 1 aliphatic heterocycles. The van der Waals surface area contributed by atoms with Crippen LogP contribution >= 0.6 is 11.6 Å². The number of hydrogen-bond donors (Lipinski definition) is 1. The molecule has 1 N–H and O–H groups in total. The molecule has 0 saturated heterocycles. The number of nitrogens with one attached hydrogen (secondary N) is 1. The maximum Gasteiger partial charge on any atom is 0.259 e. The van der Waals surface area contributed by atoms with Gasteiger partial charge in [0.2, 0.25) is 5.91 Å². The molecule has 1 heterocycles. The zero-order chi connectivity index (χ0) is 22.2. The minimum absolute atomic E-state index is 0.156. The van der Waals surface area contributed by atoms with E-state index in [0.717, 1.165) is 27.9 Å². The summed E-state index contributed by atoms with van der Waals surface area (Å²) in [4.78, 5) is 28.8. The van der Waals surface area contributed by atoms with E-state index in [-0.39, 0.29) is 11.8 Å². The van der Waals surface area contributed by atoms with Crippen LogP contribution in [0.4, 0.5) is 5.69 Å². The number of hydrogen-bond acceptors (Lipinski definition) is 2. The van der Waals surface area contributed by atoms with Crippen molar-refractivity contribution in [1.29, 1.82) is 0 Å². The highest BCUT2D eigenvalue weighted by atomic mass is 35.5. The van der Waals surface area contributed by atoms with Gasteiger partial charge in [-0.2, -0.15) is 0 Å². The fraction of sp³-hybridized carbons (Fsp3) is 0.231. The number of halogens is 1. The lowest BCUT2D eigenvalue weighted by Crippen LogP contribution is -2.63. The SMILES string of the molecule is Cc1cc(C)cc(N2C(=O)c3ccccc3C[C@@]2(C)C(=O)NCc2ccc(Cl)cc2)c1. The van der Waals surface area contributed by atoms with E-state index in [1.807, 2.05) is 69.3 Å². The van der Waals surface area contributed by atoms with Crippen LogP contribution in [0, 0.1) is 13.8 Å². The van der Waals surface area contributed by atoms with E-state index in [1.54, 1.807) is 17.0 Å². The molecule has 4 nitrogen and oxygen atoms in total. The quantitative estimate of drug-likeness (QED) is 0.613. The summed E-state index contributed by atoms with van der Waals surface area (Å²) < 4.78 is 0. The highest BCUT2D eigenvalue weighted by Crippen LogP contribution is 2.36. The molecule has 0 radical (unpaired) electrons. The Hall–Kier alpha value is -3.11. The molecule has 3 aromatic carbocycles. The van der Waals surface area contributed by atoms with Crippen LogP contribution in [0.1, 0.15) is 39.5 Å². The first kappa shape index (κ1) is 21.1. The second kappa shape index (κ2) is 8.20. The van der Waals surface area contributed by atoms with Gasteiger partial charge >= 0.3 is 0 Å². The first-order valence-corrected chi connectivity index (χ1v) is 10.7. The van der Waals surface area contributed by atoms with Crippen LogP contribution in [-0.4, -0.2) is 17.4 Å². The first-order valence-electron chi connectivity index (χ1n) is 10.3. The van der Waals surface area contributed by atoms with Gasteiger partial charge < -0.3 is 5.32 Å². The highest BCUT2D eigenvalue weighted by molar-refractivity contribution is 6.30. The number of fused-ring (bicyclic) bond motifs is 1. The Balaban J connectivity index is 1.73. The largest absolute Gasteiger partial charge is 0.350 e. The van der Waals surface area contributed by atoms with E-state index in [2.05, 4.69) is 11.4 Å². The van der Waals surface area contributed by atoms with Gasteiger partial charge in [0.15, 0.2) is 0 Å². The molecule has 2 amide bonds. The predicted molar refractivity (Wildman–Crippen MR) is 125 cm³/mol. The molecule has 1 atom stereocenters. The summed E-state index contributed by atoms with van der Waals surface area (Å²) in [5.41, 5.74) is 4.25. The van der Waals surface area contributed by atoms with Crippen molar-refractivity contribution in [3.63, 3.8) is 0 Å². The third-order valence-electron chi connectivity index (χ3n) is 5.80. The number of anilines is 1. The van der Waals surface area contributed by atoms with E-state index in [1.165, 1.54) is 0 Å². The van der Waals surface area contributed by atoms with Crippen LogP contribution in [0.15, 0.2) is 66.7 Å². The predicted octanol–water partition coefficient (Wildman–Crippen LogP) is 5.23. The highest BCUT2D eigenvalue weighted by Gasteiger charge is 2.47. The van der Waals surface area contributed by atoms with Gasteiger partial charge in [-0.1, -0.05) is 48.0 Å².